The molecule has 0 bridgehead atoms. The van der Waals surface area contributed by atoms with E-state index in [-0.39, 0.29) is 30.4 Å². The van der Waals surface area contributed by atoms with Crippen LogP contribution in [0.3, 0.4) is 0 Å². The van der Waals surface area contributed by atoms with E-state index in [9.17, 15) is 18.0 Å². The lowest BCUT2D eigenvalue weighted by molar-refractivity contribution is -0.137. The second kappa shape index (κ2) is 8.90. The molecule has 0 saturated carbocycles. The minimum Gasteiger partial charge on any atom is -0.481 e. The number of sulfone groups is 1. The number of carbonyl (C=O) groups excluding carboxylic acids is 1. The quantitative estimate of drug-likeness (QED) is 0.621. The van der Waals surface area contributed by atoms with Crippen LogP contribution in [-0.2, 0) is 19.4 Å². The number of hydrogen-bond donors (Lipinski definition) is 2. The van der Waals surface area contributed by atoms with Gasteiger partial charge in [-0.15, -0.1) is 0 Å². The third-order valence-electron chi connectivity index (χ3n) is 2.92. The summed E-state index contributed by atoms with van der Waals surface area (Å²) in [5.74, 6) is -0.963. The molecule has 0 spiro atoms. The Morgan fingerprint density at radius 2 is 1.84 bits per heavy atom. The molecule has 0 aromatic rings. The van der Waals surface area contributed by atoms with Gasteiger partial charge in [0.05, 0.1) is 5.75 Å². The van der Waals surface area contributed by atoms with Crippen molar-refractivity contribution in [2.45, 2.75) is 39.0 Å². The Hall–Kier alpha value is -1.11. The molecule has 1 unspecified atom stereocenters. The van der Waals surface area contributed by atoms with Crippen molar-refractivity contribution in [3.8, 4) is 0 Å². The van der Waals surface area contributed by atoms with Crippen LogP contribution in [0.5, 0.6) is 0 Å². The summed E-state index contributed by atoms with van der Waals surface area (Å²) in [5, 5.41) is 11.2. The van der Waals surface area contributed by atoms with Crippen molar-refractivity contribution in [2.75, 3.05) is 18.6 Å². The molecule has 7 heteroatoms. The van der Waals surface area contributed by atoms with E-state index in [2.05, 4.69) is 5.32 Å². The highest BCUT2D eigenvalue weighted by atomic mass is 32.2. The topological polar surface area (TPSA) is 101 Å². The molecule has 0 aliphatic heterocycles. The Morgan fingerprint density at radius 3 is 2.32 bits per heavy atom. The first kappa shape index (κ1) is 17.9. The lowest BCUT2D eigenvalue weighted by Gasteiger charge is -2.13. The molecule has 0 aromatic carbocycles. The number of hydrogen-bond acceptors (Lipinski definition) is 4. The van der Waals surface area contributed by atoms with Gasteiger partial charge in [-0.1, -0.05) is 13.3 Å². The third-order valence-corrected chi connectivity index (χ3v) is 3.86. The monoisotopic (exact) mass is 293 g/mol. The Bertz CT molecular complexity index is 391. The van der Waals surface area contributed by atoms with Gasteiger partial charge in [-0.2, -0.15) is 0 Å². The van der Waals surface area contributed by atoms with Crippen LogP contribution in [-0.4, -0.2) is 44.0 Å². The fraction of sp³-hybridized carbons (Fsp3) is 0.833. The molecular weight excluding hydrogens is 270 g/mol. The highest BCUT2D eigenvalue weighted by Gasteiger charge is 2.11. The molecule has 1 amide bonds. The standard InChI is InChI=1S/C12H23NO5S/c1-3-10(4-5-12(15)16)6-8-13-11(14)7-9-19(2,17)18/h10H,3-9H2,1-2H3,(H,13,14)(H,15,16). The first-order valence-electron chi connectivity index (χ1n) is 6.40. The van der Waals surface area contributed by atoms with Crippen LogP contribution in [0.15, 0.2) is 0 Å². The van der Waals surface area contributed by atoms with E-state index in [0.29, 0.717) is 19.4 Å². The highest BCUT2D eigenvalue weighted by molar-refractivity contribution is 7.90. The second-order valence-corrected chi connectivity index (χ2v) is 6.98. The van der Waals surface area contributed by atoms with Crippen molar-refractivity contribution in [1.29, 1.82) is 0 Å². The number of nitrogens with one attached hydrogen (secondary N) is 1. The van der Waals surface area contributed by atoms with Gasteiger partial charge in [-0.05, 0) is 18.8 Å². The minimum absolute atomic E-state index is 0.0231. The van der Waals surface area contributed by atoms with Crippen LogP contribution < -0.4 is 5.32 Å². The smallest absolute Gasteiger partial charge is 0.303 e. The fourth-order valence-corrected chi connectivity index (χ4v) is 2.22. The van der Waals surface area contributed by atoms with E-state index in [1.54, 1.807) is 0 Å². The zero-order valence-electron chi connectivity index (χ0n) is 11.5. The summed E-state index contributed by atoms with van der Waals surface area (Å²) < 4.78 is 21.8. The Kier molecular flexibility index (Phi) is 8.38. The lowest BCUT2D eigenvalue weighted by atomic mass is 9.97. The maximum atomic E-state index is 11.4. The summed E-state index contributed by atoms with van der Waals surface area (Å²) in [7, 11) is -3.11. The van der Waals surface area contributed by atoms with Gasteiger partial charge >= 0.3 is 5.97 Å². The molecular formula is C12H23NO5S. The van der Waals surface area contributed by atoms with Crippen LogP contribution in [0.1, 0.15) is 39.0 Å². The summed E-state index contributed by atoms with van der Waals surface area (Å²) in [5.41, 5.74) is 0. The van der Waals surface area contributed by atoms with Crippen molar-refractivity contribution in [3.05, 3.63) is 0 Å². The van der Waals surface area contributed by atoms with Gasteiger partial charge in [0, 0.05) is 25.6 Å². The van der Waals surface area contributed by atoms with E-state index in [1.165, 1.54) is 0 Å². The van der Waals surface area contributed by atoms with Crippen LogP contribution in [0.4, 0.5) is 0 Å². The number of carbonyl (C=O) groups is 2. The van der Waals surface area contributed by atoms with Gasteiger partial charge in [0.25, 0.3) is 0 Å². The summed E-state index contributed by atoms with van der Waals surface area (Å²) >= 11 is 0. The van der Waals surface area contributed by atoms with Gasteiger partial charge in [0.1, 0.15) is 9.84 Å². The van der Waals surface area contributed by atoms with Crippen molar-refractivity contribution < 1.29 is 23.1 Å². The van der Waals surface area contributed by atoms with Crippen molar-refractivity contribution in [3.63, 3.8) is 0 Å². The SMILES string of the molecule is CCC(CCNC(=O)CCS(C)(=O)=O)CCC(=O)O. The van der Waals surface area contributed by atoms with Crippen LogP contribution >= 0.6 is 0 Å². The molecule has 19 heavy (non-hydrogen) atoms. The van der Waals surface area contributed by atoms with Gasteiger partial charge in [0.15, 0.2) is 0 Å². The molecule has 2 N–H and O–H groups in total. The van der Waals surface area contributed by atoms with Crippen LogP contribution in [0.25, 0.3) is 0 Å². The maximum absolute atomic E-state index is 11.4. The van der Waals surface area contributed by atoms with Gasteiger partial charge in [0.2, 0.25) is 5.91 Å². The molecule has 0 saturated heterocycles. The Morgan fingerprint density at radius 1 is 1.21 bits per heavy atom. The number of rotatable bonds is 10. The molecule has 0 aliphatic carbocycles. The van der Waals surface area contributed by atoms with Gasteiger partial charge in [-0.25, -0.2) is 8.42 Å². The van der Waals surface area contributed by atoms with E-state index in [0.717, 1.165) is 12.7 Å². The summed E-state index contributed by atoms with van der Waals surface area (Å²) in [6.45, 7) is 2.44. The summed E-state index contributed by atoms with van der Waals surface area (Å²) in [6.07, 6.45) is 3.40. The molecule has 0 radical (unpaired) electrons. The largest absolute Gasteiger partial charge is 0.481 e. The molecule has 0 aromatic heterocycles. The zero-order chi connectivity index (χ0) is 14.9. The second-order valence-electron chi connectivity index (χ2n) is 4.73. The first-order valence-corrected chi connectivity index (χ1v) is 8.47. The highest BCUT2D eigenvalue weighted by Crippen LogP contribution is 2.14. The van der Waals surface area contributed by atoms with E-state index < -0.39 is 15.8 Å². The predicted molar refractivity (Wildman–Crippen MR) is 72.6 cm³/mol. The zero-order valence-corrected chi connectivity index (χ0v) is 12.3. The molecule has 0 fully saturated rings. The average molecular weight is 293 g/mol. The minimum atomic E-state index is -3.11. The summed E-state index contributed by atoms with van der Waals surface area (Å²) in [4.78, 5) is 21.8. The number of carboxylic acid groups (broad SMARTS) is 1. The fourth-order valence-electron chi connectivity index (χ4n) is 1.66. The van der Waals surface area contributed by atoms with E-state index >= 15 is 0 Å². The summed E-state index contributed by atoms with van der Waals surface area (Å²) in [6, 6.07) is 0. The molecule has 0 heterocycles. The molecule has 112 valence electrons. The number of aliphatic carboxylic acids is 1. The first-order chi connectivity index (χ1) is 8.74. The molecule has 0 aliphatic rings. The molecule has 0 rings (SSSR count). The van der Waals surface area contributed by atoms with Gasteiger partial charge in [-0.3, -0.25) is 9.59 Å². The van der Waals surface area contributed by atoms with Crippen LogP contribution in [0, 0.1) is 5.92 Å². The normalized spacial score (nSPS) is 12.9. The van der Waals surface area contributed by atoms with Gasteiger partial charge < -0.3 is 10.4 Å². The van der Waals surface area contributed by atoms with Crippen molar-refractivity contribution in [1.82, 2.24) is 5.32 Å². The van der Waals surface area contributed by atoms with Crippen molar-refractivity contribution in [2.24, 2.45) is 5.92 Å². The Labute approximate surface area is 114 Å². The van der Waals surface area contributed by atoms with Crippen LogP contribution in [0.2, 0.25) is 0 Å². The maximum Gasteiger partial charge on any atom is 0.303 e. The van der Waals surface area contributed by atoms with Crippen molar-refractivity contribution >= 4 is 21.7 Å². The number of carboxylic acids is 1. The molecule has 1 atom stereocenters. The average Bonchev–Trinajstić information content (AvgIpc) is 2.29. The van der Waals surface area contributed by atoms with E-state index in [1.807, 2.05) is 6.92 Å². The van der Waals surface area contributed by atoms with E-state index in [4.69, 9.17) is 5.11 Å². The lowest BCUT2D eigenvalue weighted by Crippen LogP contribution is -2.27. The Balaban J connectivity index is 3.81. The number of amides is 1. The third kappa shape index (κ3) is 11.7. The predicted octanol–water partition coefficient (Wildman–Crippen LogP) is 0.818. The molecule has 6 nitrogen and oxygen atoms in total.